The van der Waals surface area contributed by atoms with E-state index in [0.29, 0.717) is 23.9 Å². The predicted octanol–water partition coefficient (Wildman–Crippen LogP) is 5.75. The van der Waals surface area contributed by atoms with E-state index < -0.39 is 11.6 Å². The number of ether oxygens (including phenoxy) is 1. The van der Waals surface area contributed by atoms with Crippen LogP contribution >= 0.6 is 11.6 Å². The molecule has 0 saturated heterocycles. The first kappa shape index (κ1) is 22.7. The summed E-state index contributed by atoms with van der Waals surface area (Å²) in [5, 5.41) is 14.8. The molecule has 0 bridgehead atoms. The van der Waals surface area contributed by atoms with E-state index >= 15 is 0 Å². The Bertz CT molecular complexity index is 1040. The van der Waals surface area contributed by atoms with E-state index in [2.05, 4.69) is 5.10 Å². The minimum atomic E-state index is -0.967. The lowest BCUT2D eigenvalue weighted by atomic mass is 10.1. The van der Waals surface area contributed by atoms with Gasteiger partial charge in [-0.15, -0.1) is 0 Å². The quantitative estimate of drug-likeness (QED) is 0.506. The zero-order valence-corrected chi connectivity index (χ0v) is 19.1. The number of hydrogen-bond acceptors (Lipinski definition) is 3. The van der Waals surface area contributed by atoms with Crippen molar-refractivity contribution in [2.24, 2.45) is 0 Å². The van der Waals surface area contributed by atoms with Crippen LogP contribution in [0.1, 0.15) is 43.3 Å². The number of rotatable bonds is 7. The fourth-order valence-electron chi connectivity index (χ4n) is 3.28. The summed E-state index contributed by atoms with van der Waals surface area (Å²) in [6.07, 6.45) is -0.967. The molecule has 164 valence electrons. The number of carbonyl (C=O) groups is 1. The minimum absolute atomic E-state index is 0.222. The zero-order chi connectivity index (χ0) is 22.6. The Morgan fingerprint density at radius 3 is 2.52 bits per heavy atom. The van der Waals surface area contributed by atoms with Crippen molar-refractivity contribution in [2.75, 3.05) is 0 Å². The van der Waals surface area contributed by atoms with Crippen molar-refractivity contribution in [2.45, 2.75) is 52.9 Å². The molecule has 0 aliphatic rings. The van der Waals surface area contributed by atoms with Crippen LogP contribution in [-0.2, 0) is 19.7 Å². The van der Waals surface area contributed by atoms with E-state index in [1.54, 1.807) is 6.07 Å². The number of hydrogen-bond donors (Lipinski definition) is 1. The first-order valence-corrected chi connectivity index (χ1v) is 10.5. The standard InChI is InChI=1S/C24H28ClN3O3/c1-17-12-21(15-27(23(29)30)24(2,3)4)26-28(17)14-19-13-20(25)10-11-22(19)31-16-18-8-6-5-7-9-18/h5-13H,14-16H2,1-4H3,(H,29,30). The van der Waals surface area contributed by atoms with Gasteiger partial charge in [0.15, 0.2) is 0 Å². The Balaban J connectivity index is 1.79. The van der Waals surface area contributed by atoms with Crippen LogP contribution in [0, 0.1) is 6.92 Å². The highest BCUT2D eigenvalue weighted by Crippen LogP contribution is 2.26. The highest BCUT2D eigenvalue weighted by atomic mass is 35.5. The first-order chi connectivity index (χ1) is 14.6. The van der Waals surface area contributed by atoms with E-state index in [0.717, 1.165) is 22.6 Å². The second-order valence-electron chi connectivity index (χ2n) is 8.50. The van der Waals surface area contributed by atoms with Crippen molar-refractivity contribution in [3.05, 3.63) is 82.1 Å². The van der Waals surface area contributed by atoms with Crippen LogP contribution in [0.15, 0.2) is 54.6 Å². The average molecular weight is 442 g/mol. The van der Waals surface area contributed by atoms with Crippen LogP contribution in [0.25, 0.3) is 0 Å². The summed E-state index contributed by atoms with van der Waals surface area (Å²) in [5.74, 6) is 0.742. The van der Waals surface area contributed by atoms with Gasteiger partial charge in [0.1, 0.15) is 12.4 Å². The van der Waals surface area contributed by atoms with Gasteiger partial charge in [-0.25, -0.2) is 4.79 Å². The third kappa shape index (κ3) is 6.01. The minimum Gasteiger partial charge on any atom is -0.489 e. The molecular formula is C24H28ClN3O3. The molecule has 7 heteroatoms. The largest absolute Gasteiger partial charge is 0.489 e. The molecule has 0 saturated carbocycles. The Morgan fingerprint density at radius 2 is 1.87 bits per heavy atom. The number of halogens is 1. The maximum Gasteiger partial charge on any atom is 0.408 e. The summed E-state index contributed by atoms with van der Waals surface area (Å²) in [6.45, 7) is 8.71. The molecule has 1 amide bonds. The topological polar surface area (TPSA) is 67.6 Å². The van der Waals surface area contributed by atoms with Gasteiger partial charge in [-0.1, -0.05) is 41.9 Å². The van der Waals surface area contributed by atoms with Gasteiger partial charge in [-0.3, -0.25) is 9.58 Å². The van der Waals surface area contributed by atoms with Crippen molar-refractivity contribution in [3.63, 3.8) is 0 Å². The van der Waals surface area contributed by atoms with E-state index in [1.807, 2.05) is 80.9 Å². The summed E-state index contributed by atoms with van der Waals surface area (Å²) in [5.41, 5.74) is 3.10. The van der Waals surface area contributed by atoms with Crippen molar-refractivity contribution < 1.29 is 14.6 Å². The summed E-state index contributed by atoms with van der Waals surface area (Å²) in [6, 6.07) is 17.4. The van der Waals surface area contributed by atoms with Gasteiger partial charge < -0.3 is 9.84 Å². The molecule has 0 radical (unpaired) electrons. The summed E-state index contributed by atoms with van der Waals surface area (Å²) < 4.78 is 7.90. The Labute approximate surface area is 188 Å². The molecule has 0 unspecified atom stereocenters. The Morgan fingerprint density at radius 1 is 1.16 bits per heavy atom. The van der Waals surface area contributed by atoms with Gasteiger partial charge in [-0.05, 0) is 57.5 Å². The van der Waals surface area contributed by atoms with Crippen molar-refractivity contribution >= 4 is 17.7 Å². The molecule has 3 rings (SSSR count). The van der Waals surface area contributed by atoms with Gasteiger partial charge >= 0.3 is 6.09 Å². The highest BCUT2D eigenvalue weighted by Gasteiger charge is 2.27. The maximum atomic E-state index is 11.7. The van der Waals surface area contributed by atoms with Crippen LogP contribution in [0.4, 0.5) is 4.79 Å². The fraction of sp³-hybridized carbons (Fsp3) is 0.333. The molecule has 0 fully saturated rings. The number of aryl methyl sites for hydroxylation is 1. The van der Waals surface area contributed by atoms with E-state index in [4.69, 9.17) is 16.3 Å². The van der Waals surface area contributed by atoms with Crippen LogP contribution < -0.4 is 4.74 Å². The SMILES string of the molecule is Cc1cc(CN(C(=O)O)C(C)(C)C)nn1Cc1cc(Cl)ccc1OCc1ccccc1. The van der Waals surface area contributed by atoms with Crippen LogP contribution in [0.3, 0.4) is 0 Å². The second-order valence-corrected chi connectivity index (χ2v) is 8.94. The molecule has 31 heavy (non-hydrogen) atoms. The van der Waals surface area contributed by atoms with Gasteiger partial charge in [0.05, 0.1) is 18.8 Å². The molecule has 1 aromatic heterocycles. The monoisotopic (exact) mass is 441 g/mol. The number of aromatic nitrogens is 2. The van der Waals surface area contributed by atoms with Crippen LogP contribution in [0.5, 0.6) is 5.75 Å². The molecule has 0 atom stereocenters. The molecular weight excluding hydrogens is 414 g/mol. The third-order valence-electron chi connectivity index (χ3n) is 4.97. The van der Waals surface area contributed by atoms with Crippen molar-refractivity contribution in [3.8, 4) is 5.75 Å². The summed E-state index contributed by atoms with van der Waals surface area (Å²) in [7, 11) is 0. The number of nitrogens with zero attached hydrogens (tertiary/aromatic N) is 3. The lowest BCUT2D eigenvalue weighted by Crippen LogP contribution is -2.44. The van der Waals surface area contributed by atoms with Crippen molar-refractivity contribution in [1.82, 2.24) is 14.7 Å². The normalized spacial score (nSPS) is 11.4. The summed E-state index contributed by atoms with van der Waals surface area (Å²) >= 11 is 6.24. The zero-order valence-electron chi connectivity index (χ0n) is 18.3. The van der Waals surface area contributed by atoms with E-state index in [1.165, 1.54) is 4.90 Å². The molecule has 6 nitrogen and oxygen atoms in total. The smallest absolute Gasteiger partial charge is 0.408 e. The van der Waals surface area contributed by atoms with E-state index in [9.17, 15) is 9.90 Å². The number of amides is 1. The molecule has 0 aliphatic carbocycles. The second kappa shape index (κ2) is 9.43. The van der Waals surface area contributed by atoms with Gasteiger partial charge in [-0.2, -0.15) is 5.10 Å². The average Bonchev–Trinajstić information content (AvgIpc) is 3.04. The van der Waals surface area contributed by atoms with Gasteiger partial charge in [0.2, 0.25) is 0 Å². The van der Waals surface area contributed by atoms with Gasteiger partial charge in [0.25, 0.3) is 0 Å². The third-order valence-corrected chi connectivity index (χ3v) is 5.21. The maximum absolute atomic E-state index is 11.7. The predicted molar refractivity (Wildman–Crippen MR) is 122 cm³/mol. The number of benzene rings is 2. The highest BCUT2D eigenvalue weighted by molar-refractivity contribution is 6.30. The first-order valence-electron chi connectivity index (χ1n) is 10.1. The Hall–Kier alpha value is -2.99. The van der Waals surface area contributed by atoms with Crippen LogP contribution in [0.2, 0.25) is 5.02 Å². The molecule has 0 aliphatic heterocycles. The Kier molecular flexibility index (Phi) is 6.91. The molecule has 1 N–H and O–H groups in total. The van der Waals surface area contributed by atoms with Crippen molar-refractivity contribution in [1.29, 1.82) is 0 Å². The lowest BCUT2D eigenvalue weighted by molar-refractivity contribution is 0.0945. The number of carboxylic acid groups (broad SMARTS) is 1. The molecule has 1 heterocycles. The van der Waals surface area contributed by atoms with E-state index in [-0.39, 0.29) is 6.54 Å². The summed E-state index contributed by atoms with van der Waals surface area (Å²) in [4.78, 5) is 13.0. The molecule has 0 spiro atoms. The van der Waals surface area contributed by atoms with Crippen LogP contribution in [-0.4, -0.2) is 31.4 Å². The molecule has 2 aromatic carbocycles. The van der Waals surface area contributed by atoms with Gasteiger partial charge in [0, 0.05) is 21.8 Å². The lowest BCUT2D eigenvalue weighted by Gasteiger charge is -2.32. The molecule has 3 aromatic rings. The fourth-order valence-corrected chi connectivity index (χ4v) is 3.47.